The number of amides is 2. The van der Waals surface area contributed by atoms with Gasteiger partial charge >= 0.3 is 17.1 Å². The number of rotatable bonds is 12. The van der Waals surface area contributed by atoms with Crippen LogP contribution in [0.2, 0.25) is 0 Å². The van der Waals surface area contributed by atoms with Gasteiger partial charge in [0.15, 0.2) is 21.2 Å². The lowest BCUT2D eigenvalue weighted by molar-refractivity contribution is -0.122. The number of nitrogens with two attached hydrogens (primary N) is 2. The van der Waals surface area contributed by atoms with Crippen molar-refractivity contribution in [1.82, 2.24) is 53.7 Å². The van der Waals surface area contributed by atoms with E-state index in [-0.39, 0.29) is 28.7 Å². The van der Waals surface area contributed by atoms with Gasteiger partial charge in [-0.2, -0.15) is 25.8 Å². The van der Waals surface area contributed by atoms with Crippen molar-refractivity contribution >= 4 is 112 Å². The van der Waals surface area contributed by atoms with Gasteiger partial charge in [0, 0.05) is 6.92 Å². The number of nitrogens with one attached hydrogen (secondary N) is 5. The van der Waals surface area contributed by atoms with Crippen LogP contribution in [0.3, 0.4) is 0 Å². The van der Waals surface area contributed by atoms with Gasteiger partial charge < -0.3 is 35.8 Å². The van der Waals surface area contributed by atoms with Gasteiger partial charge in [0.05, 0.1) is 61.7 Å². The van der Waals surface area contributed by atoms with Gasteiger partial charge in [-0.05, 0) is 81.8 Å². The molecule has 3 atom stereocenters. The Morgan fingerprint density at radius 2 is 0.944 bits per heavy atom. The fourth-order valence-electron chi connectivity index (χ4n) is 9.15. The van der Waals surface area contributed by atoms with Gasteiger partial charge in [-0.3, -0.25) is 28.8 Å². The smallest absolute Gasteiger partial charge is 0.329 e. The molecule has 7 aromatic heterocycles. The highest BCUT2D eigenvalue weighted by Crippen LogP contribution is 2.32. The Labute approximate surface area is 521 Å². The van der Waals surface area contributed by atoms with E-state index in [1.54, 1.807) is 128 Å². The van der Waals surface area contributed by atoms with Crippen molar-refractivity contribution in [1.29, 1.82) is 10.5 Å². The average Bonchev–Trinajstić information content (AvgIpc) is 1.75. The first-order chi connectivity index (χ1) is 42.2. The molecular weight excluding hydrogens is 1230 g/mol. The molecule has 28 nitrogen and oxygen atoms in total. The van der Waals surface area contributed by atoms with E-state index in [9.17, 15) is 43.2 Å². The number of hydrogen-bond acceptors (Lipinski definition) is 23. The zero-order chi connectivity index (χ0) is 65.7. The number of aromatic amines is 3. The van der Waals surface area contributed by atoms with Crippen molar-refractivity contribution in [2.24, 2.45) is 23.7 Å². The van der Waals surface area contributed by atoms with E-state index in [1.165, 1.54) is 29.6 Å². The second kappa shape index (κ2) is 30.2. The average molecular weight is 1290 g/mol. The normalized spacial score (nSPS) is 11.8. The minimum atomic E-state index is -1.03. The number of H-pyrrole nitrogens is 3. The van der Waals surface area contributed by atoms with Gasteiger partial charge in [0.25, 0.3) is 16.7 Å². The Morgan fingerprint density at radius 3 is 1.27 bits per heavy atom. The summed E-state index contributed by atoms with van der Waals surface area (Å²) < 4.78 is 11.2. The number of carbonyl (C=O) groups excluding carboxylic acids is 3. The predicted molar refractivity (Wildman–Crippen MR) is 340 cm³/mol. The zero-order valence-corrected chi connectivity index (χ0v) is 52.8. The van der Waals surface area contributed by atoms with Gasteiger partial charge in [0.2, 0.25) is 23.5 Å². The van der Waals surface area contributed by atoms with E-state index >= 15 is 0 Å². The lowest BCUT2D eigenvalue weighted by atomic mass is 10.0. The lowest BCUT2D eigenvalue weighted by Crippen LogP contribution is -2.44. The largest absolute Gasteiger partial charge is 0.375 e. The van der Waals surface area contributed by atoms with Crippen molar-refractivity contribution in [3.05, 3.63) is 168 Å². The van der Waals surface area contributed by atoms with Gasteiger partial charge in [-0.1, -0.05) is 117 Å². The highest BCUT2D eigenvalue weighted by molar-refractivity contribution is 7.19. The molecular formula is C57H60ClN17O11S3. The van der Waals surface area contributed by atoms with E-state index in [0.29, 0.717) is 80.7 Å². The number of para-hydroxylation sites is 3. The number of fused-ring (bicyclic) bond motifs is 3. The van der Waals surface area contributed by atoms with Crippen LogP contribution in [0.4, 0.5) is 15.4 Å². The third kappa shape index (κ3) is 16.0. The molecule has 0 aliphatic heterocycles. The molecule has 0 unspecified atom stereocenters. The Morgan fingerprint density at radius 1 is 0.584 bits per heavy atom. The van der Waals surface area contributed by atoms with Crippen LogP contribution in [0.15, 0.2) is 106 Å². The minimum Gasteiger partial charge on any atom is -0.375 e. The number of carbonyl (C=O) groups is 3. The van der Waals surface area contributed by atoms with Crippen LogP contribution in [0, 0.1) is 68.1 Å². The highest BCUT2D eigenvalue weighted by Gasteiger charge is 2.31. The molecule has 10 rings (SSSR count). The predicted octanol–water partition coefficient (Wildman–Crippen LogP) is 7.22. The summed E-state index contributed by atoms with van der Waals surface area (Å²) in [5.74, 6) is 2.88. The Balaban J connectivity index is 0.000000198. The number of ketones is 1. The van der Waals surface area contributed by atoms with Crippen molar-refractivity contribution in [3.63, 3.8) is 0 Å². The van der Waals surface area contributed by atoms with Crippen molar-refractivity contribution in [2.75, 3.05) is 16.4 Å². The van der Waals surface area contributed by atoms with E-state index in [2.05, 4.69) is 72.8 Å². The molecule has 464 valence electrons. The minimum absolute atomic E-state index is 0.127. The van der Waals surface area contributed by atoms with Crippen molar-refractivity contribution < 1.29 is 23.3 Å². The van der Waals surface area contributed by atoms with Crippen LogP contribution in [0.1, 0.15) is 99.3 Å². The number of benzene rings is 3. The molecule has 9 N–H and O–H groups in total. The Bertz CT molecular complexity index is 4710. The van der Waals surface area contributed by atoms with Crippen LogP contribution >= 0.6 is 45.9 Å². The molecule has 0 saturated heterocycles. The fraction of sp³-hybridized carbons (Fsp3) is 0.298. The summed E-state index contributed by atoms with van der Waals surface area (Å²) >= 11 is 7.73. The van der Waals surface area contributed by atoms with Crippen LogP contribution < -0.4 is 56.0 Å². The molecule has 0 spiro atoms. The van der Waals surface area contributed by atoms with Crippen LogP contribution in [0.5, 0.6) is 0 Å². The van der Waals surface area contributed by atoms with E-state index in [0.717, 1.165) is 30.7 Å². The summed E-state index contributed by atoms with van der Waals surface area (Å²) in [6.07, 6.45) is 0. The molecule has 7 heterocycles. The second-order valence-corrected chi connectivity index (χ2v) is 23.6. The molecule has 0 bridgehead atoms. The maximum Gasteiger partial charge on any atom is 0.329 e. The molecule has 89 heavy (non-hydrogen) atoms. The molecule has 3 aromatic carbocycles. The third-order valence-corrected chi connectivity index (χ3v) is 15.9. The maximum atomic E-state index is 13.1. The third-order valence-electron chi connectivity index (χ3n) is 13.0. The van der Waals surface area contributed by atoms with E-state index in [4.69, 9.17) is 20.8 Å². The zero-order valence-electron chi connectivity index (χ0n) is 49.6. The topological polar surface area (TPSA) is 426 Å². The summed E-state index contributed by atoms with van der Waals surface area (Å²) in [5.41, 5.74) is 5.19. The Kier molecular flexibility index (Phi) is 23.1. The fourth-order valence-corrected chi connectivity index (χ4v) is 11.4. The number of nitrogens with zero attached hydrogens (tertiary/aromatic N) is 10. The highest BCUT2D eigenvalue weighted by atomic mass is 35.5. The summed E-state index contributed by atoms with van der Waals surface area (Å²) in [6, 6.07) is 21.3. The molecule has 10 aromatic rings. The number of nitrogen functional groups attached to an aromatic ring is 1. The number of thiazole rings is 3. The summed E-state index contributed by atoms with van der Waals surface area (Å²) in [6.45, 7) is 18.9. The number of hydrogen-bond donors (Lipinski definition) is 7. The standard InChI is InChI=1S/C20H20N6O4S.C18H17N5O3S.C14H16N2O3.C5H5N3S.ClH2NO/c1-9(2)14(26-18(28)12-7-5-6-8-13(12)23-20(26)29)17(27)24-19-21-10(3)15(31-19)16-22-11(4)30-25-16;1-9(2)14(15(24)22-17-20-10(3)13(8-19)27-17)23-16(25)11-6-4-5-7-12(11)21-18(23)26;1-8(2)12(9(3)17)16-13(18)10-6-4-5-7-11(10)15-14(16)19;1-3-4(2-6)9-5(7)8-3;1-3-2/h5-9,14H,1-4H3,(H,23,29)(H,21,24,27);4-7,9,14H,1-3H3,(H,21,26)(H,20,22,24);4-8,12H,1-3H3,(H,15,19);1H3,(H2,7,8);2H2/t2*14-;12-;;/m000../s1. The SMILES string of the molecule is CC(=O)[C@H](C(C)C)n1c(=O)[nH]c2ccccc2c1=O.Cc1nc(-c2sc(NC(=O)[C@H](C(C)C)n3c(=O)[nH]c4ccccc4c3=O)nc2C)no1.Cc1nc(N)sc1C#N.Cc1nc(NC(=O)[C@H](C(C)C)n2c(=O)[nH]c3ccccc3c2=O)sc1C#N.NOCl. The first kappa shape index (κ1) is 68.2. The number of aromatic nitrogens is 11. The molecule has 0 fully saturated rings. The molecule has 32 heteroatoms. The first-order valence-electron chi connectivity index (χ1n) is 26.8. The number of anilines is 3. The number of aryl methyl sites for hydroxylation is 4. The Hall–Kier alpha value is -9.89. The lowest BCUT2D eigenvalue weighted by Gasteiger charge is -2.21. The number of Topliss-reactive ketones (excluding diaryl/α,β-unsaturated/α-hetero) is 1. The van der Waals surface area contributed by atoms with Gasteiger partial charge in [-0.25, -0.2) is 43.0 Å². The quantitative estimate of drug-likeness (QED) is 0.0593. The molecule has 0 aliphatic carbocycles. The molecule has 0 saturated carbocycles. The van der Waals surface area contributed by atoms with Crippen LogP contribution in [-0.4, -0.2) is 71.3 Å². The van der Waals surface area contributed by atoms with Gasteiger partial charge in [-0.15, -0.1) is 0 Å². The number of halogens is 1. The monoisotopic (exact) mass is 1290 g/mol. The molecule has 0 radical (unpaired) electrons. The van der Waals surface area contributed by atoms with Crippen LogP contribution in [-0.2, 0) is 18.8 Å². The second-order valence-electron chi connectivity index (χ2n) is 20.4. The van der Waals surface area contributed by atoms with Gasteiger partial charge in [0.1, 0.15) is 44.9 Å². The maximum absolute atomic E-state index is 13.1. The van der Waals surface area contributed by atoms with Crippen molar-refractivity contribution in [2.45, 2.75) is 94.3 Å². The number of nitriles is 2. The van der Waals surface area contributed by atoms with E-state index < -0.39 is 63.7 Å². The van der Waals surface area contributed by atoms with Crippen molar-refractivity contribution in [3.8, 4) is 22.8 Å². The molecule has 2 amide bonds. The summed E-state index contributed by atoms with van der Waals surface area (Å²) in [7, 11) is 0. The van der Waals surface area contributed by atoms with E-state index in [1.807, 2.05) is 26.0 Å². The van der Waals surface area contributed by atoms with Crippen LogP contribution in [0.25, 0.3) is 43.4 Å². The summed E-state index contributed by atoms with van der Waals surface area (Å²) in [5, 5.41) is 28.8. The molecule has 0 aliphatic rings. The first-order valence-corrected chi connectivity index (χ1v) is 29.5. The summed E-state index contributed by atoms with van der Waals surface area (Å²) in [4.78, 5) is 139.